The number of aliphatic hydroxyl groups is 1. The number of aryl methyl sites for hydroxylation is 1. The van der Waals surface area contributed by atoms with Crippen molar-refractivity contribution in [1.29, 1.82) is 0 Å². The molecule has 0 aromatic heterocycles. The summed E-state index contributed by atoms with van der Waals surface area (Å²) in [4.78, 5) is 25.2. The minimum Gasteiger partial charge on any atom is -0.466 e. The summed E-state index contributed by atoms with van der Waals surface area (Å²) in [6.45, 7) is 8.46. The summed E-state index contributed by atoms with van der Waals surface area (Å²) in [6.07, 6.45) is 3.03. The highest BCUT2D eigenvalue weighted by atomic mass is 16.5. The van der Waals surface area contributed by atoms with E-state index in [2.05, 4.69) is 0 Å². The first-order valence-electron chi connectivity index (χ1n) is 11.8. The minimum atomic E-state index is -0.833. The number of carbonyl (C=O) groups excluding carboxylic acids is 2. The first-order valence-corrected chi connectivity index (χ1v) is 11.8. The Morgan fingerprint density at radius 1 is 0.909 bits per heavy atom. The van der Waals surface area contributed by atoms with Crippen molar-refractivity contribution in [2.24, 2.45) is 5.41 Å². The molecule has 0 radical (unpaired) electrons. The van der Waals surface area contributed by atoms with Gasteiger partial charge in [-0.05, 0) is 55.2 Å². The van der Waals surface area contributed by atoms with Crippen molar-refractivity contribution in [3.8, 4) is 0 Å². The smallest absolute Gasteiger partial charge is 0.316 e. The van der Waals surface area contributed by atoms with Crippen molar-refractivity contribution in [3.63, 3.8) is 0 Å². The van der Waals surface area contributed by atoms with E-state index < -0.39 is 5.41 Å². The summed E-state index contributed by atoms with van der Waals surface area (Å²) < 4.78 is 10.8. The molecular formula is C28H38O5. The van der Waals surface area contributed by atoms with Gasteiger partial charge in [0.1, 0.15) is 6.61 Å². The molecule has 0 aliphatic heterocycles. The van der Waals surface area contributed by atoms with Crippen LogP contribution in [0.4, 0.5) is 0 Å². The van der Waals surface area contributed by atoms with Crippen molar-refractivity contribution in [2.75, 3.05) is 13.2 Å². The van der Waals surface area contributed by atoms with Gasteiger partial charge in [0.25, 0.3) is 0 Å². The van der Waals surface area contributed by atoms with E-state index in [1.54, 1.807) is 6.92 Å². The van der Waals surface area contributed by atoms with Gasteiger partial charge in [-0.1, -0.05) is 74.9 Å². The van der Waals surface area contributed by atoms with E-state index in [4.69, 9.17) is 9.47 Å². The molecule has 2 aromatic carbocycles. The van der Waals surface area contributed by atoms with Crippen molar-refractivity contribution in [1.82, 2.24) is 0 Å². The normalized spacial score (nSPS) is 13.2. The van der Waals surface area contributed by atoms with E-state index >= 15 is 0 Å². The van der Waals surface area contributed by atoms with Gasteiger partial charge < -0.3 is 14.6 Å². The number of hydrogen-bond donors (Lipinski definition) is 1. The lowest BCUT2D eigenvalue weighted by molar-refractivity contribution is -0.152. The maximum absolute atomic E-state index is 13.4. The van der Waals surface area contributed by atoms with Gasteiger partial charge in [-0.25, -0.2) is 0 Å². The number of rotatable bonds is 13. The molecule has 0 bridgehead atoms. The Labute approximate surface area is 198 Å². The van der Waals surface area contributed by atoms with Gasteiger partial charge in [-0.3, -0.25) is 9.59 Å². The second-order valence-corrected chi connectivity index (χ2v) is 9.58. The van der Waals surface area contributed by atoms with Crippen molar-refractivity contribution < 1.29 is 24.2 Å². The lowest BCUT2D eigenvalue weighted by Crippen LogP contribution is -2.35. The largest absolute Gasteiger partial charge is 0.466 e. The van der Waals surface area contributed by atoms with Crippen LogP contribution in [0.5, 0.6) is 0 Å². The summed E-state index contributed by atoms with van der Waals surface area (Å²) in [5.41, 5.74) is 1.77. The van der Waals surface area contributed by atoms with E-state index in [-0.39, 0.29) is 30.6 Å². The van der Waals surface area contributed by atoms with E-state index in [1.807, 2.05) is 75.4 Å². The molecule has 0 heterocycles. The number of esters is 2. The van der Waals surface area contributed by atoms with Crippen molar-refractivity contribution in [3.05, 3.63) is 71.3 Å². The SMILES string of the molecule is CCOC(=O)CCc1cccc(C(C)(CCCC(C)(C)CO)C(=O)OCc2ccccc2)c1. The van der Waals surface area contributed by atoms with Crippen LogP contribution >= 0.6 is 0 Å². The Kier molecular flexibility index (Phi) is 10.1. The predicted molar refractivity (Wildman–Crippen MR) is 130 cm³/mol. The van der Waals surface area contributed by atoms with Crippen LogP contribution in [0.1, 0.15) is 70.1 Å². The summed E-state index contributed by atoms with van der Waals surface area (Å²) in [6, 6.07) is 17.5. The average molecular weight is 455 g/mol. The number of aliphatic hydroxyl groups excluding tert-OH is 1. The molecule has 0 saturated carbocycles. The molecule has 2 rings (SSSR count). The van der Waals surface area contributed by atoms with Crippen LogP contribution in [0.15, 0.2) is 54.6 Å². The maximum Gasteiger partial charge on any atom is 0.316 e. The number of benzene rings is 2. The van der Waals surface area contributed by atoms with Gasteiger partial charge in [-0.15, -0.1) is 0 Å². The Balaban J connectivity index is 2.20. The molecule has 0 saturated heterocycles. The maximum atomic E-state index is 13.4. The summed E-state index contributed by atoms with van der Waals surface area (Å²) in [5, 5.41) is 9.61. The predicted octanol–water partition coefficient (Wildman–Crippen LogP) is 5.37. The van der Waals surface area contributed by atoms with Crippen LogP contribution in [0, 0.1) is 5.41 Å². The van der Waals surface area contributed by atoms with Crippen LogP contribution in [0.3, 0.4) is 0 Å². The number of carbonyl (C=O) groups is 2. The highest BCUT2D eigenvalue weighted by Gasteiger charge is 2.37. The van der Waals surface area contributed by atoms with Crippen LogP contribution < -0.4 is 0 Å². The fraction of sp³-hybridized carbons (Fsp3) is 0.500. The second-order valence-electron chi connectivity index (χ2n) is 9.58. The zero-order chi connectivity index (χ0) is 24.3. The highest BCUT2D eigenvalue weighted by molar-refractivity contribution is 5.82. The first kappa shape index (κ1) is 26.6. The molecule has 1 unspecified atom stereocenters. The molecular weight excluding hydrogens is 416 g/mol. The first-order chi connectivity index (χ1) is 15.7. The zero-order valence-corrected chi connectivity index (χ0v) is 20.4. The Hall–Kier alpha value is -2.66. The van der Waals surface area contributed by atoms with Gasteiger partial charge in [-0.2, -0.15) is 0 Å². The lowest BCUT2D eigenvalue weighted by atomic mass is 9.75. The van der Waals surface area contributed by atoms with Gasteiger partial charge in [0.15, 0.2) is 0 Å². The van der Waals surface area contributed by atoms with E-state index in [1.165, 1.54) is 0 Å². The van der Waals surface area contributed by atoms with Crippen molar-refractivity contribution >= 4 is 11.9 Å². The molecule has 0 amide bonds. The highest BCUT2D eigenvalue weighted by Crippen LogP contribution is 2.34. The van der Waals surface area contributed by atoms with Gasteiger partial charge in [0, 0.05) is 13.0 Å². The van der Waals surface area contributed by atoms with Gasteiger partial charge >= 0.3 is 11.9 Å². The number of hydrogen-bond acceptors (Lipinski definition) is 5. The van der Waals surface area contributed by atoms with Crippen LogP contribution in [0.25, 0.3) is 0 Å². The third-order valence-electron chi connectivity index (χ3n) is 6.11. The van der Waals surface area contributed by atoms with Crippen molar-refractivity contribution in [2.45, 2.75) is 71.8 Å². The Morgan fingerprint density at radius 2 is 1.61 bits per heavy atom. The molecule has 0 spiro atoms. The minimum absolute atomic E-state index is 0.103. The third-order valence-corrected chi connectivity index (χ3v) is 6.11. The molecule has 180 valence electrons. The van der Waals surface area contributed by atoms with E-state index in [9.17, 15) is 14.7 Å². The Bertz CT molecular complexity index is 890. The molecule has 33 heavy (non-hydrogen) atoms. The number of ether oxygens (including phenoxy) is 2. The molecule has 2 aromatic rings. The average Bonchev–Trinajstić information content (AvgIpc) is 2.82. The molecule has 0 fully saturated rings. The zero-order valence-electron chi connectivity index (χ0n) is 20.4. The molecule has 5 heteroatoms. The molecule has 0 aliphatic rings. The van der Waals surface area contributed by atoms with E-state index in [0.717, 1.165) is 29.5 Å². The Morgan fingerprint density at radius 3 is 2.27 bits per heavy atom. The molecule has 1 N–H and O–H groups in total. The molecule has 5 nitrogen and oxygen atoms in total. The fourth-order valence-electron chi connectivity index (χ4n) is 3.80. The van der Waals surface area contributed by atoms with Crippen LogP contribution in [-0.2, 0) is 37.5 Å². The lowest BCUT2D eigenvalue weighted by Gasteiger charge is -2.30. The van der Waals surface area contributed by atoms with Crippen LogP contribution in [0.2, 0.25) is 0 Å². The van der Waals surface area contributed by atoms with Crippen LogP contribution in [-0.4, -0.2) is 30.3 Å². The topological polar surface area (TPSA) is 72.8 Å². The summed E-state index contributed by atoms with van der Waals surface area (Å²) >= 11 is 0. The molecule has 0 aliphatic carbocycles. The monoisotopic (exact) mass is 454 g/mol. The van der Waals surface area contributed by atoms with E-state index in [0.29, 0.717) is 25.9 Å². The fourth-order valence-corrected chi connectivity index (χ4v) is 3.80. The summed E-state index contributed by atoms with van der Waals surface area (Å²) in [7, 11) is 0. The van der Waals surface area contributed by atoms with Gasteiger partial charge in [0.2, 0.25) is 0 Å². The summed E-state index contributed by atoms with van der Waals surface area (Å²) in [5.74, 6) is -0.491. The van der Waals surface area contributed by atoms with Gasteiger partial charge in [0.05, 0.1) is 12.0 Å². The standard InChI is InChI=1S/C28H38O5/c1-5-32-25(30)16-15-22-13-9-14-24(19-22)28(4,18-10-17-27(2,3)21-29)26(31)33-20-23-11-7-6-8-12-23/h6-9,11-14,19,29H,5,10,15-18,20-21H2,1-4H3. The molecule has 1 atom stereocenters. The second kappa shape index (κ2) is 12.5. The quantitative estimate of drug-likeness (QED) is 0.412. The third kappa shape index (κ3) is 8.32.